The van der Waals surface area contributed by atoms with E-state index in [4.69, 9.17) is 4.74 Å². The van der Waals surface area contributed by atoms with Crippen molar-refractivity contribution in [1.82, 2.24) is 9.47 Å². The van der Waals surface area contributed by atoms with Crippen LogP contribution in [0.25, 0.3) is 0 Å². The van der Waals surface area contributed by atoms with Gasteiger partial charge in [0.1, 0.15) is 11.6 Å². The highest BCUT2D eigenvalue weighted by molar-refractivity contribution is 5.77. The van der Waals surface area contributed by atoms with Gasteiger partial charge in [-0.2, -0.15) is 0 Å². The van der Waals surface area contributed by atoms with Crippen molar-refractivity contribution < 1.29 is 13.9 Å². The SMILES string of the molecule is Cc1ccc(C)n1C1CCN(C(=O)COc2cccc(F)c2)CC1. The molecular formula is C19H23FN2O2. The van der Waals surface area contributed by atoms with E-state index in [-0.39, 0.29) is 18.3 Å². The summed E-state index contributed by atoms with van der Waals surface area (Å²) in [5.74, 6) is -0.0197. The van der Waals surface area contributed by atoms with Crippen LogP contribution in [0, 0.1) is 19.7 Å². The minimum absolute atomic E-state index is 0.0429. The predicted molar refractivity (Wildman–Crippen MR) is 90.7 cm³/mol. The van der Waals surface area contributed by atoms with E-state index in [9.17, 15) is 9.18 Å². The molecule has 2 aromatic rings. The normalized spacial score (nSPS) is 15.5. The largest absolute Gasteiger partial charge is 0.484 e. The molecule has 0 spiro atoms. The Kier molecular flexibility index (Phi) is 4.88. The van der Waals surface area contributed by atoms with Crippen molar-refractivity contribution in [2.75, 3.05) is 19.7 Å². The maximum atomic E-state index is 13.1. The topological polar surface area (TPSA) is 34.5 Å². The summed E-state index contributed by atoms with van der Waals surface area (Å²) >= 11 is 0. The summed E-state index contributed by atoms with van der Waals surface area (Å²) in [4.78, 5) is 14.1. The minimum atomic E-state index is -0.363. The Labute approximate surface area is 141 Å². The van der Waals surface area contributed by atoms with Crippen molar-refractivity contribution in [3.05, 3.63) is 53.6 Å². The molecule has 0 atom stereocenters. The highest BCUT2D eigenvalue weighted by Crippen LogP contribution is 2.26. The van der Waals surface area contributed by atoms with Gasteiger partial charge in [-0.25, -0.2) is 4.39 Å². The van der Waals surface area contributed by atoms with Gasteiger partial charge in [0, 0.05) is 36.6 Å². The molecule has 1 saturated heterocycles. The van der Waals surface area contributed by atoms with E-state index in [1.54, 1.807) is 12.1 Å². The van der Waals surface area contributed by atoms with Gasteiger partial charge in [0.2, 0.25) is 0 Å². The van der Waals surface area contributed by atoms with Gasteiger partial charge in [0.15, 0.2) is 6.61 Å². The fourth-order valence-electron chi connectivity index (χ4n) is 3.42. The van der Waals surface area contributed by atoms with Crippen LogP contribution >= 0.6 is 0 Å². The number of amides is 1. The molecule has 0 bridgehead atoms. The standard InChI is InChI=1S/C19H23FN2O2/c1-14-6-7-15(2)22(14)17-8-10-21(11-9-17)19(23)13-24-18-5-3-4-16(20)12-18/h3-7,12,17H,8-11,13H2,1-2H3. The first-order valence-electron chi connectivity index (χ1n) is 8.35. The van der Waals surface area contributed by atoms with Crippen molar-refractivity contribution in [3.63, 3.8) is 0 Å². The number of benzene rings is 1. The van der Waals surface area contributed by atoms with Gasteiger partial charge in [-0.05, 0) is 51.0 Å². The summed E-state index contributed by atoms with van der Waals surface area (Å²) < 4.78 is 20.9. The smallest absolute Gasteiger partial charge is 0.260 e. The number of rotatable bonds is 4. The molecule has 1 aliphatic rings. The van der Waals surface area contributed by atoms with E-state index in [2.05, 4.69) is 30.5 Å². The first-order chi connectivity index (χ1) is 11.5. The average molecular weight is 330 g/mol. The summed E-state index contributed by atoms with van der Waals surface area (Å²) in [6.45, 7) is 5.66. The second-order valence-corrected chi connectivity index (χ2v) is 6.34. The fraction of sp³-hybridized carbons (Fsp3) is 0.421. The van der Waals surface area contributed by atoms with Gasteiger partial charge in [-0.1, -0.05) is 6.07 Å². The molecule has 1 aromatic carbocycles. The number of ether oxygens (including phenoxy) is 1. The molecule has 0 N–H and O–H groups in total. The lowest BCUT2D eigenvalue weighted by Crippen LogP contribution is -2.41. The highest BCUT2D eigenvalue weighted by atomic mass is 19.1. The Morgan fingerprint density at radius 1 is 1.17 bits per heavy atom. The van der Waals surface area contributed by atoms with Crippen LogP contribution in [0.15, 0.2) is 36.4 Å². The van der Waals surface area contributed by atoms with Crippen LogP contribution in [-0.4, -0.2) is 35.1 Å². The first-order valence-corrected chi connectivity index (χ1v) is 8.35. The zero-order valence-corrected chi connectivity index (χ0v) is 14.2. The van der Waals surface area contributed by atoms with E-state index in [0.717, 1.165) is 25.9 Å². The lowest BCUT2D eigenvalue weighted by molar-refractivity contribution is -0.134. The quantitative estimate of drug-likeness (QED) is 0.860. The van der Waals surface area contributed by atoms with Gasteiger partial charge >= 0.3 is 0 Å². The van der Waals surface area contributed by atoms with E-state index >= 15 is 0 Å². The summed E-state index contributed by atoms with van der Waals surface area (Å²) in [6, 6.07) is 10.6. The van der Waals surface area contributed by atoms with Crippen molar-refractivity contribution >= 4 is 5.91 Å². The van der Waals surface area contributed by atoms with Crippen LogP contribution in [0.5, 0.6) is 5.75 Å². The molecule has 1 aromatic heterocycles. The number of carbonyl (C=O) groups excluding carboxylic acids is 1. The number of carbonyl (C=O) groups is 1. The molecule has 0 aliphatic carbocycles. The third-order valence-electron chi connectivity index (χ3n) is 4.67. The number of aryl methyl sites for hydroxylation is 2. The minimum Gasteiger partial charge on any atom is -0.484 e. The maximum absolute atomic E-state index is 13.1. The third-order valence-corrected chi connectivity index (χ3v) is 4.67. The Bertz CT molecular complexity index is 698. The number of aromatic nitrogens is 1. The van der Waals surface area contributed by atoms with Crippen LogP contribution in [-0.2, 0) is 4.79 Å². The third kappa shape index (κ3) is 3.61. The number of likely N-dealkylation sites (tertiary alicyclic amines) is 1. The summed E-state index contributed by atoms with van der Waals surface area (Å²) in [6.07, 6.45) is 1.89. The maximum Gasteiger partial charge on any atom is 0.260 e. The van der Waals surface area contributed by atoms with Crippen LogP contribution in [0.4, 0.5) is 4.39 Å². The van der Waals surface area contributed by atoms with Crippen molar-refractivity contribution in [3.8, 4) is 5.75 Å². The molecule has 0 unspecified atom stereocenters. The van der Waals surface area contributed by atoms with Gasteiger partial charge in [0.05, 0.1) is 0 Å². The fourth-order valence-corrected chi connectivity index (χ4v) is 3.42. The molecule has 0 saturated carbocycles. The highest BCUT2D eigenvalue weighted by Gasteiger charge is 2.25. The van der Waals surface area contributed by atoms with Gasteiger partial charge in [-0.3, -0.25) is 4.79 Å². The van der Waals surface area contributed by atoms with Crippen LogP contribution in [0.1, 0.15) is 30.3 Å². The Morgan fingerprint density at radius 2 is 1.83 bits per heavy atom. The number of piperidine rings is 1. The lowest BCUT2D eigenvalue weighted by atomic mass is 10.0. The molecule has 0 radical (unpaired) electrons. The molecule has 3 rings (SSSR count). The lowest BCUT2D eigenvalue weighted by Gasteiger charge is -2.34. The molecule has 24 heavy (non-hydrogen) atoms. The van der Waals surface area contributed by atoms with Crippen LogP contribution in [0.2, 0.25) is 0 Å². The molecular weight excluding hydrogens is 307 g/mol. The van der Waals surface area contributed by atoms with Gasteiger partial charge in [0.25, 0.3) is 5.91 Å². The molecule has 4 nitrogen and oxygen atoms in total. The number of halogens is 1. The van der Waals surface area contributed by atoms with Crippen LogP contribution < -0.4 is 4.74 Å². The average Bonchev–Trinajstić information content (AvgIpc) is 2.92. The number of hydrogen-bond donors (Lipinski definition) is 0. The zero-order valence-electron chi connectivity index (χ0n) is 14.2. The predicted octanol–water partition coefficient (Wildman–Crippen LogP) is 3.49. The summed E-state index contributed by atoms with van der Waals surface area (Å²) in [5.41, 5.74) is 2.54. The zero-order chi connectivity index (χ0) is 17.1. The first kappa shape index (κ1) is 16.6. The van der Waals surface area contributed by atoms with Crippen LogP contribution in [0.3, 0.4) is 0 Å². The summed E-state index contributed by atoms with van der Waals surface area (Å²) in [7, 11) is 0. The molecule has 1 amide bonds. The number of nitrogens with zero attached hydrogens (tertiary/aromatic N) is 2. The number of hydrogen-bond acceptors (Lipinski definition) is 2. The van der Waals surface area contributed by atoms with Gasteiger partial charge < -0.3 is 14.2 Å². The Hall–Kier alpha value is -2.30. The van der Waals surface area contributed by atoms with E-state index in [1.165, 1.54) is 23.5 Å². The van der Waals surface area contributed by atoms with E-state index < -0.39 is 0 Å². The molecule has 2 heterocycles. The van der Waals surface area contributed by atoms with Crippen molar-refractivity contribution in [2.45, 2.75) is 32.7 Å². The molecule has 128 valence electrons. The van der Waals surface area contributed by atoms with E-state index in [1.807, 2.05) is 4.90 Å². The molecule has 1 aliphatic heterocycles. The van der Waals surface area contributed by atoms with Crippen molar-refractivity contribution in [2.24, 2.45) is 0 Å². The monoisotopic (exact) mass is 330 g/mol. The molecule has 5 heteroatoms. The Morgan fingerprint density at radius 3 is 2.46 bits per heavy atom. The van der Waals surface area contributed by atoms with Crippen molar-refractivity contribution in [1.29, 1.82) is 0 Å². The van der Waals surface area contributed by atoms with E-state index in [0.29, 0.717) is 11.8 Å². The second kappa shape index (κ2) is 7.07. The summed E-state index contributed by atoms with van der Waals surface area (Å²) in [5, 5.41) is 0. The van der Waals surface area contributed by atoms with Gasteiger partial charge in [-0.15, -0.1) is 0 Å². The molecule has 1 fully saturated rings. The second-order valence-electron chi connectivity index (χ2n) is 6.34. The Balaban J connectivity index is 1.52.